The molecular formula is C14H11Br2ClO. The monoisotopic (exact) mass is 388 g/mol. The molecule has 0 fully saturated rings. The maximum atomic E-state index is 6.12. The molecule has 0 aliphatic heterocycles. The van der Waals surface area contributed by atoms with E-state index in [1.54, 1.807) is 0 Å². The van der Waals surface area contributed by atoms with Gasteiger partial charge in [0.2, 0.25) is 0 Å². The number of benzene rings is 2. The fourth-order valence-electron chi connectivity index (χ4n) is 1.53. The summed E-state index contributed by atoms with van der Waals surface area (Å²) < 4.78 is 7.71. The fourth-order valence-corrected chi connectivity index (χ4v) is 2.65. The van der Waals surface area contributed by atoms with Crippen molar-refractivity contribution in [3.63, 3.8) is 0 Å². The van der Waals surface area contributed by atoms with Gasteiger partial charge < -0.3 is 4.74 Å². The Balaban J connectivity index is 1.95. The summed E-state index contributed by atoms with van der Waals surface area (Å²) >= 11 is 13.0. The van der Waals surface area contributed by atoms with Crippen molar-refractivity contribution >= 4 is 43.5 Å². The van der Waals surface area contributed by atoms with Gasteiger partial charge in [-0.2, -0.15) is 0 Å². The van der Waals surface area contributed by atoms with Gasteiger partial charge in [0.25, 0.3) is 0 Å². The van der Waals surface area contributed by atoms with Gasteiger partial charge in [-0.25, -0.2) is 0 Å². The summed E-state index contributed by atoms with van der Waals surface area (Å²) in [6.07, 6.45) is 0. The molecule has 0 amide bonds. The molecular weight excluding hydrogens is 379 g/mol. The van der Waals surface area contributed by atoms with Crippen LogP contribution in [-0.2, 0) is 18.0 Å². The van der Waals surface area contributed by atoms with Gasteiger partial charge >= 0.3 is 0 Å². The second kappa shape index (κ2) is 6.71. The number of hydrogen-bond donors (Lipinski definition) is 0. The average molecular weight is 391 g/mol. The highest BCUT2D eigenvalue weighted by Crippen LogP contribution is 2.23. The highest BCUT2D eigenvalue weighted by atomic mass is 79.9. The zero-order chi connectivity index (χ0) is 13.0. The molecule has 0 radical (unpaired) electrons. The van der Waals surface area contributed by atoms with Crippen LogP contribution < -0.4 is 0 Å². The van der Waals surface area contributed by atoms with Crippen LogP contribution in [0.2, 0.25) is 5.02 Å². The molecule has 0 saturated heterocycles. The third-order valence-corrected chi connectivity index (χ3v) is 4.11. The maximum absolute atomic E-state index is 6.12. The summed E-state index contributed by atoms with van der Waals surface area (Å²) in [5, 5.41) is 0.719. The molecule has 0 saturated carbocycles. The lowest BCUT2D eigenvalue weighted by atomic mass is 10.2. The van der Waals surface area contributed by atoms with Crippen molar-refractivity contribution in [3.8, 4) is 0 Å². The Morgan fingerprint density at radius 2 is 1.67 bits per heavy atom. The van der Waals surface area contributed by atoms with Crippen LogP contribution in [0, 0.1) is 0 Å². The van der Waals surface area contributed by atoms with Crippen LogP contribution in [0.1, 0.15) is 11.1 Å². The van der Waals surface area contributed by atoms with E-state index in [1.165, 1.54) is 0 Å². The Morgan fingerprint density at radius 1 is 0.944 bits per heavy atom. The van der Waals surface area contributed by atoms with E-state index in [0.29, 0.717) is 13.2 Å². The van der Waals surface area contributed by atoms with Crippen LogP contribution in [0.15, 0.2) is 51.4 Å². The summed E-state index contributed by atoms with van der Waals surface area (Å²) in [4.78, 5) is 0. The average Bonchev–Trinajstić information content (AvgIpc) is 2.34. The molecule has 0 aliphatic rings. The zero-order valence-electron chi connectivity index (χ0n) is 9.50. The van der Waals surface area contributed by atoms with E-state index < -0.39 is 0 Å². The van der Waals surface area contributed by atoms with Crippen molar-refractivity contribution in [1.29, 1.82) is 0 Å². The molecule has 18 heavy (non-hydrogen) atoms. The highest BCUT2D eigenvalue weighted by molar-refractivity contribution is 9.10. The first kappa shape index (κ1) is 14.1. The van der Waals surface area contributed by atoms with Gasteiger partial charge in [0.05, 0.1) is 13.2 Å². The van der Waals surface area contributed by atoms with Gasteiger partial charge in [-0.1, -0.05) is 67.7 Å². The van der Waals surface area contributed by atoms with Crippen LogP contribution in [0.25, 0.3) is 0 Å². The second-order valence-electron chi connectivity index (χ2n) is 3.82. The lowest BCUT2D eigenvalue weighted by molar-refractivity contribution is 0.107. The predicted molar refractivity (Wildman–Crippen MR) is 81.8 cm³/mol. The quantitative estimate of drug-likeness (QED) is 0.662. The number of halogens is 3. The van der Waals surface area contributed by atoms with E-state index in [2.05, 4.69) is 31.9 Å². The topological polar surface area (TPSA) is 9.23 Å². The van der Waals surface area contributed by atoms with Crippen molar-refractivity contribution in [2.24, 2.45) is 0 Å². The summed E-state index contributed by atoms with van der Waals surface area (Å²) in [7, 11) is 0. The third kappa shape index (κ3) is 3.82. The van der Waals surface area contributed by atoms with E-state index in [4.69, 9.17) is 16.3 Å². The Kier molecular flexibility index (Phi) is 5.25. The van der Waals surface area contributed by atoms with Gasteiger partial charge in [-0.05, 0) is 29.3 Å². The predicted octanol–water partition coefficient (Wildman–Crippen LogP) is 5.58. The van der Waals surface area contributed by atoms with Crippen molar-refractivity contribution in [2.45, 2.75) is 13.2 Å². The Bertz CT molecular complexity index is 543. The van der Waals surface area contributed by atoms with Crippen molar-refractivity contribution in [1.82, 2.24) is 0 Å². The van der Waals surface area contributed by atoms with Gasteiger partial charge in [-0.15, -0.1) is 0 Å². The van der Waals surface area contributed by atoms with Crippen molar-refractivity contribution < 1.29 is 4.74 Å². The first-order chi connectivity index (χ1) is 8.66. The molecule has 1 nitrogen and oxygen atoms in total. The Labute approximate surface area is 128 Å². The molecule has 0 bridgehead atoms. The lowest BCUT2D eigenvalue weighted by Gasteiger charge is -2.08. The molecule has 0 atom stereocenters. The molecule has 0 unspecified atom stereocenters. The number of rotatable bonds is 4. The number of ether oxygens (including phenoxy) is 1. The van der Waals surface area contributed by atoms with Crippen LogP contribution in [-0.4, -0.2) is 0 Å². The van der Waals surface area contributed by atoms with E-state index in [9.17, 15) is 0 Å². The van der Waals surface area contributed by atoms with Gasteiger partial charge in [-0.3, -0.25) is 0 Å². The molecule has 94 valence electrons. The molecule has 2 aromatic rings. The van der Waals surface area contributed by atoms with Crippen molar-refractivity contribution in [3.05, 3.63) is 67.6 Å². The Morgan fingerprint density at radius 3 is 2.39 bits per heavy atom. The molecule has 0 aliphatic carbocycles. The van der Waals surface area contributed by atoms with E-state index in [1.807, 2.05) is 42.5 Å². The summed E-state index contributed by atoms with van der Waals surface area (Å²) in [6, 6.07) is 13.8. The maximum Gasteiger partial charge on any atom is 0.0735 e. The lowest BCUT2D eigenvalue weighted by Crippen LogP contribution is -1.95. The molecule has 0 heterocycles. The van der Waals surface area contributed by atoms with E-state index in [-0.39, 0.29) is 0 Å². The van der Waals surface area contributed by atoms with Crippen LogP contribution in [0.4, 0.5) is 0 Å². The van der Waals surface area contributed by atoms with E-state index >= 15 is 0 Å². The summed E-state index contributed by atoms with van der Waals surface area (Å²) in [5.41, 5.74) is 2.12. The van der Waals surface area contributed by atoms with Crippen molar-refractivity contribution in [2.75, 3.05) is 0 Å². The molecule has 2 aromatic carbocycles. The fraction of sp³-hybridized carbons (Fsp3) is 0.143. The second-order valence-corrected chi connectivity index (χ2v) is 6.00. The summed E-state index contributed by atoms with van der Waals surface area (Å²) in [5.74, 6) is 0. The molecule has 0 N–H and O–H groups in total. The van der Waals surface area contributed by atoms with Crippen LogP contribution in [0.3, 0.4) is 0 Å². The zero-order valence-corrected chi connectivity index (χ0v) is 13.4. The van der Waals surface area contributed by atoms with Gasteiger partial charge in [0, 0.05) is 14.0 Å². The SMILES string of the molecule is Clc1cc(Br)ccc1COCc1ccccc1Br. The molecule has 4 heteroatoms. The highest BCUT2D eigenvalue weighted by Gasteiger charge is 2.03. The normalized spacial score (nSPS) is 10.6. The molecule has 0 aromatic heterocycles. The first-order valence-electron chi connectivity index (χ1n) is 5.42. The number of hydrogen-bond acceptors (Lipinski definition) is 1. The molecule has 2 rings (SSSR count). The Hall–Kier alpha value is -0.350. The smallest absolute Gasteiger partial charge is 0.0735 e. The van der Waals surface area contributed by atoms with Crippen LogP contribution >= 0.6 is 43.5 Å². The standard InChI is InChI=1S/C14H11Br2ClO/c15-12-6-5-11(14(17)7-12)9-18-8-10-3-1-2-4-13(10)16/h1-7H,8-9H2. The largest absolute Gasteiger partial charge is 0.372 e. The van der Waals surface area contributed by atoms with Gasteiger partial charge in [0.1, 0.15) is 0 Å². The molecule has 0 spiro atoms. The third-order valence-electron chi connectivity index (χ3n) is 2.49. The van der Waals surface area contributed by atoms with Crippen LogP contribution in [0.5, 0.6) is 0 Å². The van der Waals surface area contributed by atoms with Gasteiger partial charge in [0.15, 0.2) is 0 Å². The minimum atomic E-state index is 0.507. The minimum Gasteiger partial charge on any atom is -0.372 e. The minimum absolute atomic E-state index is 0.507. The first-order valence-corrected chi connectivity index (χ1v) is 7.38. The van der Waals surface area contributed by atoms with E-state index in [0.717, 1.165) is 25.1 Å². The summed E-state index contributed by atoms with van der Waals surface area (Å²) in [6.45, 7) is 1.07.